The van der Waals surface area contributed by atoms with Crippen LogP contribution in [-0.2, 0) is 19.4 Å². The molecule has 0 fully saturated rings. The van der Waals surface area contributed by atoms with E-state index in [1.165, 1.54) is 0 Å². The van der Waals surface area contributed by atoms with Crippen LogP contribution in [0.5, 0.6) is 0 Å². The van der Waals surface area contributed by atoms with Crippen molar-refractivity contribution in [1.82, 2.24) is 5.32 Å². The van der Waals surface area contributed by atoms with Crippen molar-refractivity contribution in [2.24, 2.45) is 0 Å². The number of carbonyl (C=O) groups excluding carboxylic acids is 1. The number of carboxylic acid groups (broad SMARTS) is 1. The normalized spacial score (nSPS) is 13.2. The second-order valence-electron chi connectivity index (χ2n) is 3.21. The van der Waals surface area contributed by atoms with Gasteiger partial charge in [-0.3, -0.25) is 4.79 Å². The van der Waals surface area contributed by atoms with Gasteiger partial charge in [0.05, 0.1) is 5.75 Å². The Morgan fingerprint density at radius 1 is 1.40 bits per heavy atom. The second kappa shape index (κ2) is 5.69. The third kappa shape index (κ3) is 6.05. The number of sulfone groups is 1. The molecule has 1 amide bonds. The lowest BCUT2D eigenvalue weighted by atomic mass is 10.3. The van der Waals surface area contributed by atoms with Gasteiger partial charge in [-0.15, -0.1) is 0 Å². The van der Waals surface area contributed by atoms with E-state index in [0.717, 1.165) is 6.92 Å². The van der Waals surface area contributed by atoms with Crippen molar-refractivity contribution >= 4 is 21.7 Å². The first-order valence-electron chi connectivity index (χ1n) is 4.49. The summed E-state index contributed by atoms with van der Waals surface area (Å²) in [6.07, 6.45) is 0.425. The van der Waals surface area contributed by atoms with Crippen molar-refractivity contribution < 1.29 is 23.1 Å². The number of carbonyl (C=O) groups is 2. The molecule has 0 aromatic rings. The summed E-state index contributed by atoms with van der Waals surface area (Å²) in [7, 11) is -3.42. The summed E-state index contributed by atoms with van der Waals surface area (Å²) >= 11 is 0. The molecule has 0 aromatic carbocycles. The molecule has 0 aliphatic rings. The van der Waals surface area contributed by atoms with Gasteiger partial charge in [-0.1, -0.05) is 6.92 Å². The minimum absolute atomic E-state index is 0.0731. The van der Waals surface area contributed by atoms with E-state index in [9.17, 15) is 18.0 Å². The van der Waals surface area contributed by atoms with E-state index in [1.807, 2.05) is 0 Å². The maximum Gasteiger partial charge on any atom is 0.327 e. The van der Waals surface area contributed by atoms with E-state index in [1.54, 1.807) is 6.92 Å². The third-order valence-corrected chi connectivity index (χ3v) is 3.48. The lowest BCUT2D eigenvalue weighted by molar-refractivity contribution is -0.140. The summed E-state index contributed by atoms with van der Waals surface area (Å²) in [5.74, 6) is -2.54. The Balaban J connectivity index is 4.55. The zero-order valence-electron chi connectivity index (χ0n) is 8.69. The Morgan fingerprint density at radius 2 is 1.93 bits per heavy atom. The Bertz CT molecular complexity index is 335. The largest absolute Gasteiger partial charge is 0.480 e. The van der Waals surface area contributed by atoms with E-state index >= 15 is 0 Å². The molecule has 0 aliphatic carbocycles. The Morgan fingerprint density at radius 3 is 2.27 bits per heavy atom. The minimum Gasteiger partial charge on any atom is -0.480 e. The third-order valence-electron chi connectivity index (χ3n) is 1.61. The van der Waals surface area contributed by atoms with Crippen molar-refractivity contribution in [3.8, 4) is 0 Å². The molecule has 0 saturated carbocycles. The molecule has 0 saturated heterocycles. The first kappa shape index (κ1) is 13.9. The van der Waals surface area contributed by atoms with Gasteiger partial charge in [-0.05, 0) is 6.42 Å². The topological polar surface area (TPSA) is 101 Å². The molecule has 2 N–H and O–H groups in total. The van der Waals surface area contributed by atoms with Gasteiger partial charge in [-0.2, -0.15) is 0 Å². The van der Waals surface area contributed by atoms with Crippen LogP contribution in [0.4, 0.5) is 0 Å². The van der Waals surface area contributed by atoms with Gasteiger partial charge in [0.1, 0.15) is 6.04 Å². The highest BCUT2D eigenvalue weighted by molar-refractivity contribution is 7.91. The van der Waals surface area contributed by atoms with E-state index < -0.39 is 33.5 Å². The Kier molecular flexibility index (Phi) is 5.27. The minimum atomic E-state index is -3.42. The predicted molar refractivity (Wildman–Crippen MR) is 54.2 cm³/mol. The first-order chi connectivity index (χ1) is 6.78. The lowest BCUT2D eigenvalue weighted by Crippen LogP contribution is -2.44. The number of hydrogen-bond acceptors (Lipinski definition) is 4. The summed E-state index contributed by atoms with van der Waals surface area (Å²) in [6, 6.07) is -1.36. The van der Waals surface area contributed by atoms with Crippen LogP contribution in [0.15, 0.2) is 0 Å². The van der Waals surface area contributed by atoms with Crippen molar-refractivity contribution in [3.63, 3.8) is 0 Å². The first-order valence-corrected chi connectivity index (χ1v) is 6.31. The zero-order chi connectivity index (χ0) is 12.1. The molecule has 88 valence electrons. The molecule has 1 atom stereocenters. The van der Waals surface area contributed by atoms with Gasteiger partial charge in [0, 0.05) is 12.7 Å². The molecule has 0 spiro atoms. The molecule has 6 nitrogen and oxygen atoms in total. The second-order valence-corrected chi connectivity index (χ2v) is 5.43. The highest BCUT2D eigenvalue weighted by Crippen LogP contribution is 1.98. The highest BCUT2D eigenvalue weighted by atomic mass is 32.2. The molecule has 0 heterocycles. The Hall–Kier alpha value is -1.11. The summed E-state index contributed by atoms with van der Waals surface area (Å²) < 4.78 is 22.6. The number of carboxylic acids is 1. The van der Waals surface area contributed by atoms with E-state index in [0.29, 0.717) is 6.42 Å². The number of aliphatic carboxylic acids is 1. The monoisotopic (exact) mass is 237 g/mol. The molecule has 0 aliphatic heterocycles. The molecule has 7 heteroatoms. The summed E-state index contributed by atoms with van der Waals surface area (Å²) in [5, 5.41) is 10.8. The molecule has 0 rings (SSSR count). The van der Waals surface area contributed by atoms with Crippen LogP contribution >= 0.6 is 0 Å². The van der Waals surface area contributed by atoms with Gasteiger partial charge < -0.3 is 10.4 Å². The predicted octanol–water partition coefficient (Wildman–Crippen LogP) is -0.599. The maximum absolute atomic E-state index is 11.3. The molecule has 15 heavy (non-hydrogen) atoms. The summed E-state index contributed by atoms with van der Waals surface area (Å²) in [6.45, 7) is 2.83. The van der Waals surface area contributed by atoms with Gasteiger partial charge in [0.2, 0.25) is 5.91 Å². The van der Waals surface area contributed by atoms with E-state index in [2.05, 4.69) is 5.32 Å². The van der Waals surface area contributed by atoms with Crippen molar-refractivity contribution in [1.29, 1.82) is 0 Å². The summed E-state index contributed by atoms with van der Waals surface area (Å²) in [4.78, 5) is 21.3. The number of nitrogens with one attached hydrogen (secondary N) is 1. The zero-order valence-corrected chi connectivity index (χ0v) is 9.50. The molecular weight excluding hydrogens is 222 g/mol. The van der Waals surface area contributed by atoms with Crippen LogP contribution in [0.1, 0.15) is 20.3 Å². The van der Waals surface area contributed by atoms with Crippen LogP contribution in [0.25, 0.3) is 0 Å². The van der Waals surface area contributed by atoms with Crippen LogP contribution in [0.3, 0.4) is 0 Å². The highest BCUT2D eigenvalue weighted by Gasteiger charge is 2.25. The Labute approximate surface area is 88.6 Å². The average Bonchev–Trinajstić information content (AvgIpc) is 2.00. The van der Waals surface area contributed by atoms with E-state index in [-0.39, 0.29) is 5.75 Å². The van der Waals surface area contributed by atoms with Gasteiger partial charge >= 0.3 is 5.97 Å². The standard InChI is InChI=1S/C8H15NO5S/c1-3-4-15(13,14)5-7(8(11)12)9-6(2)10/h7H,3-5H2,1-2H3,(H,9,10)(H,11,12). The lowest BCUT2D eigenvalue weighted by Gasteiger charge is -2.12. The fraction of sp³-hybridized carbons (Fsp3) is 0.750. The average molecular weight is 237 g/mol. The molecule has 0 radical (unpaired) electrons. The molecule has 1 unspecified atom stereocenters. The van der Waals surface area contributed by atoms with Crippen LogP contribution in [-0.4, -0.2) is 42.9 Å². The van der Waals surface area contributed by atoms with Crippen molar-refractivity contribution in [3.05, 3.63) is 0 Å². The van der Waals surface area contributed by atoms with E-state index in [4.69, 9.17) is 5.11 Å². The summed E-state index contributed by atoms with van der Waals surface area (Å²) in [5.41, 5.74) is 0. The fourth-order valence-electron chi connectivity index (χ4n) is 1.07. The molecular formula is C8H15NO5S. The van der Waals surface area contributed by atoms with Crippen molar-refractivity contribution in [2.45, 2.75) is 26.3 Å². The molecule has 0 aromatic heterocycles. The van der Waals surface area contributed by atoms with Gasteiger partial charge in [-0.25, -0.2) is 13.2 Å². The maximum atomic E-state index is 11.3. The van der Waals surface area contributed by atoms with Crippen LogP contribution in [0.2, 0.25) is 0 Å². The van der Waals surface area contributed by atoms with Crippen LogP contribution < -0.4 is 5.32 Å². The number of rotatable bonds is 6. The van der Waals surface area contributed by atoms with Crippen LogP contribution in [0, 0.1) is 0 Å². The van der Waals surface area contributed by atoms with Crippen molar-refractivity contribution in [2.75, 3.05) is 11.5 Å². The number of hydrogen-bond donors (Lipinski definition) is 2. The fourth-order valence-corrected chi connectivity index (χ4v) is 2.59. The SMILES string of the molecule is CCCS(=O)(=O)CC(NC(C)=O)C(=O)O. The number of amides is 1. The van der Waals surface area contributed by atoms with Gasteiger partial charge in [0.15, 0.2) is 9.84 Å². The molecule has 0 bridgehead atoms. The smallest absolute Gasteiger partial charge is 0.327 e. The van der Waals surface area contributed by atoms with Gasteiger partial charge in [0.25, 0.3) is 0 Å². The quantitative estimate of drug-likeness (QED) is 0.642.